The molecule has 7 nitrogen and oxygen atoms in total. The second kappa shape index (κ2) is 10.3. The molecule has 182 valence electrons. The molecule has 8 heteroatoms. The molecule has 0 radical (unpaired) electrons. The Kier molecular flexibility index (Phi) is 7.21. The van der Waals surface area contributed by atoms with Gasteiger partial charge in [0.15, 0.2) is 4.80 Å². The fourth-order valence-corrected chi connectivity index (χ4v) is 5.01. The van der Waals surface area contributed by atoms with Gasteiger partial charge in [-0.05, 0) is 69.2 Å². The number of carbonyl (C=O) groups is 1. The summed E-state index contributed by atoms with van der Waals surface area (Å²) >= 11 is 1.29. The molecule has 0 N–H and O–H groups in total. The first-order valence-electron chi connectivity index (χ1n) is 11.4. The molecule has 0 aliphatic carbocycles. The van der Waals surface area contributed by atoms with E-state index >= 15 is 0 Å². The smallest absolute Gasteiger partial charge is 0.338 e. The number of thiazole rings is 1. The zero-order chi connectivity index (χ0) is 25.1. The Labute approximate surface area is 207 Å². The SMILES string of the molecule is CCOC(=O)C1=C(C)N=c2sc(=Cc3ccc(OC)cc3)c(=O)n2C1c1ccc(OC(C)C)cc1. The van der Waals surface area contributed by atoms with E-state index < -0.39 is 12.0 Å². The molecule has 0 saturated carbocycles. The first-order valence-corrected chi connectivity index (χ1v) is 12.2. The lowest BCUT2D eigenvalue weighted by Gasteiger charge is -2.25. The fourth-order valence-electron chi connectivity index (χ4n) is 3.96. The number of nitrogens with zero attached hydrogens (tertiary/aromatic N) is 2. The highest BCUT2D eigenvalue weighted by Crippen LogP contribution is 2.31. The van der Waals surface area contributed by atoms with E-state index in [9.17, 15) is 9.59 Å². The maximum absolute atomic E-state index is 13.6. The standard InChI is InChI=1S/C27H28N2O5S/c1-6-33-26(31)23-17(4)28-27-29(24(23)19-9-13-21(14-10-19)34-16(2)3)25(30)22(35-27)15-18-7-11-20(32-5)12-8-18/h7-16,24H,6H2,1-5H3. The molecule has 2 aromatic carbocycles. The van der Waals surface area contributed by atoms with Crippen molar-refractivity contribution in [1.82, 2.24) is 4.57 Å². The number of rotatable bonds is 7. The van der Waals surface area contributed by atoms with Crippen LogP contribution < -0.4 is 24.4 Å². The number of benzene rings is 2. The molecule has 3 aromatic rings. The average Bonchev–Trinajstić information content (AvgIpc) is 3.13. The topological polar surface area (TPSA) is 79.1 Å². The summed E-state index contributed by atoms with van der Waals surface area (Å²) in [6.07, 6.45) is 1.86. The van der Waals surface area contributed by atoms with Gasteiger partial charge in [-0.1, -0.05) is 35.6 Å². The summed E-state index contributed by atoms with van der Waals surface area (Å²) in [6.45, 7) is 7.67. The number of methoxy groups -OCH3 is 1. The summed E-state index contributed by atoms with van der Waals surface area (Å²) in [6, 6.07) is 14.2. The van der Waals surface area contributed by atoms with Crippen molar-refractivity contribution >= 4 is 23.4 Å². The average molecular weight is 493 g/mol. The van der Waals surface area contributed by atoms with Crippen LogP contribution in [-0.2, 0) is 9.53 Å². The number of allylic oxidation sites excluding steroid dienone is 1. The Balaban J connectivity index is 1.87. The van der Waals surface area contributed by atoms with E-state index in [2.05, 4.69) is 4.99 Å². The maximum Gasteiger partial charge on any atom is 0.338 e. The van der Waals surface area contributed by atoms with Gasteiger partial charge >= 0.3 is 5.97 Å². The Morgan fingerprint density at radius 2 is 1.77 bits per heavy atom. The van der Waals surface area contributed by atoms with Gasteiger partial charge in [-0.2, -0.15) is 0 Å². The van der Waals surface area contributed by atoms with Crippen LogP contribution in [0.2, 0.25) is 0 Å². The highest BCUT2D eigenvalue weighted by Gasteiger charge is 2.33. The number of aromatic nitrogens is 1. The molecule has 1 unspecified atom stereocenters. The zero-order valence-electron chi connectivity index (χ0n) is 20.4. The molecule has 1 aromatic heterocycles. The minimum Gasteiger partial charge on any atom is -0.497 e. The van der Waals surface area contributed by atoms with Crippen LogP contribution in [0.15, 0.2) is 69.6 Å². The molecule has 2 heterocycles. The molecule has 35 heavy (non-hydrogen) atoms. The third-order valence-corrected chi connectivity index (χ3v) is 6.48. The van der Waals surface area contributed by atoms with Gasteiger partial charge in [-0.15, -0.1) is 0 Å². The van der Waals surface area contributed by atoms with Crippen LogP contribution in [0.5, 0.6) is 11.5 Å². The molecular weight excluding hydrogens is 464 g/mol. The molecule has 0 amide bonds. The van der Waals surface area contributed by atoms with Gasteiger partial charge in [0.05, 0.1) is 41.7 Å². The summed E-state index contributed by atoms with van der Waals surface area (Å²) in [5.41, 5.74) is 2.31. The van der Waals surface area contributed by atoms with Crippen molar-refractivity contribution in [3.63, 3.8) is 0 Å². The van der Waals surface area contributed by atoms with E-state index in [1.54, 1.807) is 25.5 Å². The molecule has 1 aliphatic heterocycles. The minimum absolute atomic E-state index is 0.0358. The number of hydrogen-bond donors (Lipinski definition) is 0. The molecular formula is C27H28N2O5S. The highest BCUT2D eigenvalue weighted by molar-refractivity contribution is 7.07. The summed E-state index contributed by atoms with van der Waals surface area (Å²) in [7, 11) is 1.61. The van der Waals surface area contributed by atoms with Gasteiger partial charge in [0.2, 0.25) is 0 Å². The number of hydrogen-bond acceptors (Lipinski definition) is 7. The second-order valence-electron chi connectivity index (χ2n) is 8.31. The largest absolute Gasteiger partial charge is 0.497 e. The van der Waals surface area contributed by atoms with E-state index in [0.717, 1.165) is 16.9 Å². The van der Waals surface area contributed by atoms with E-state index in [4.69, 9.17) is 14.2 Å². The van der Waals surface area contributed by atoms with Crippen LogP contribution in [0.3, 0.4) is 0 Å². The molecule has 0 bridgehead atoms. The lowest BCUT2D eigenvalue weighted by molar-refractivity contribution is -0.139. The fraction of sp³-hybridized carbons (Fsp3) is 0.296. The third-order valence-electron chi connectivity index (χ3n) is 5.50. The first kappa shape index (κ1) is 24.5. The van der Waals surface area contributed by atoms with Gasteiger partial charge in [-0.3, -0.25) is 9.36 Å². The highest BCUT2D eigenvalue weighted by atomic mass is 32.1. The molecule has 0 saturated heterocycles. The number of ether oxygens (including phenoxy) is 3. The van der Waals surface area contributed by atoms with Crippen molar-refractivity contribution in [1.29, 1.82) is 0 Å². The molecule has 0 spiro atoms. The quantitative estimate of drug-likeness (QED) is 0.471. The number of fused-ring (bicyclic) bond motifs is 1. The lowest BCUT2D eigenvalue weighted by Crippen LogP contribution is -2.39. The Hall–Kier alpha value is -3.65. The molecule has 1 atom stereocenters. The van der Waals surface area contributed by atoms with Crippen LogP contribution in [-0.4, -0.2) is 30.4 Å². The van der Waals surface area contributed by atoms with Gasteiger partial charge in [0.1, 0.15) is 11.5 Å². The Morgan fingerprint density at radius 1 is 1.11 bits per heavy atom. The summed E-state index contributed by atoms with van der Waals surface area (Å²) in [4.78, 5) is 31.8. The van der Waals surface area contributed by atoms with Gasteiger partial charge in [0, 0.05) is 0 Å². The van der Waals surface area contributed by atoms with Crippen molar-refractivity contribution in [3.05, 3.63) is 90.6 Å². The van der Waals surface area contributed by atoms with Crippen LogP contribution >= 0.6 is 11.3 Å². The summed E-state index contributed by atoms with van der Waals surface area (Å²) < 4.78 is 18.4. The van der Waals surface area contributed by atoms with Gasteiger partial charge in [0.25, 0.3) is 5.56 Å². The molecule has 1 aliphatic rings. The van der Waals surface area contributed by atoms with E-state index in [0.29, 0.717) is 26.4 Å². The van der Waals surface area contributed by atoms with Crippen molar-refractivity contribution in [2.75, 3.05) is 13.7 Å². The Morgan fingerprint density at radius 3 is 2.37 bits per heavy atom. The normalized spacial score (nSPS) is 15.6. The molecule has 0 fully saturated rings. The monoisotopic (exact) mass is 492 g/mol. The summed E-state index contributed by atoms with van der Waals surface area (Å²) in [5.74, 6) is 0.975. The Bertz CT molecular complexity index is 1430. The first-order chi connectivity index (χ1) is 16.8. The van der Waals surface area contributed by atoms with Crippen molar-refractivity contribution in [2.45, 2.75) is 39.8 Å². The van der Waals surface area contributed by atoms with E-state index in [1.165, 1.54) is 11.3 Å². The number of esters is 1. The second-order valence-corrected chi connectivity index (χ2v) is 9.32. The summed E-state index contributed by atoms with van der Waals surface area (Å²) in [5, 5.41) is 0. The van der Waals surface area contributed by atoms with Crippen LogP contribution in [0.1, 0.15) is 44.9 Å². The van der Waals surface area contributed by atoms with Gasteiger partial charge in [-0.25, -0.2) is 9.79 Å². The predicted octanol–water partition coefficient (Wildman–Crippen LogP) is 3.59. The van der Waals surface area contributed by atoms with Crippen molar-refractivity contribution in [2.24, 2.45) is 4.99 Å². The third kappa shape index (κ3) is 5.07. The lowest BCUT2D eigenvalue weighted by atomic mass is 9.96. The predicted molar refractivity (Wildman–Crippen MR) is 136 cm³/mol. The van der Waals surface area contributed by atoms with Crippen molar-refractivity contribution in [3.8, 4) is 11.5 Å². The van der Waals surface area contributed by atoms with Crippen molar-refractivity contribution < 1.29 is 19.0 Å². The molecule has 4 rings (SSSR count). The van der Waals surface area contributed by atoms with Gasteiger partial charge < -0.3 is 14.2 Å². The van der Waals surface area contributed by atoms with Crippen LogP contribution in [0.4, 0.5) is 0 Å². The van der Waals surface area contributed by atoms with E-state index in [1.807, 2.05) is 68.5 Å². The van der Waals surface area contributed by atoms with E-state index in [-0.39, 0.29) is 18.3 Å². The minimum atomic E-state index is -0.656. The van der Waals surface area contributed by atoms with Crippen LogP contribution in [0, 0.1) is 0 Å². The van der Waals surface area contributed by atoms with Crippen LogP contribution in [0.25, 0.3) is 6.08 Å². The number of carbonyl (C=O) groups excluding carboxylic acids is 1. The zero-order valence-corrected chi connectivity index (χ0v) is 21.2. The maximum atomic E-state index is 13.6.